The van der Waals surface area contributed by atoms with Crippen LogP contribution < -0.4 is 4.74 Å². The average molecular weight is 345 g/mol. The molecule has 0 saturated carbocycles. The van der Waals surface area contributed by atoms with Gasteiger partial charge in [0.15, 0.2) is 0 Å². The van der Waals surface area contributed by atoms with Gasteiger partial charge in [-0.1, -0.05) is 12.1 Å². The molecule has 0 bridgehead atoms. The Bertz CT molecular complexity index is 754. The van der Waals surface area contributed by atoms with Crippen LogP contribution in [0.5, 0.6) is 5.75 Å². The fourth-order valence-electron chi connectivity index (χ4n) is 2.14. The quantitative estimate of drug-likeness (QED) is 0.675. The first-order valence-corrected chi connectivity index (χ1v) is 8.52. The summed E-state index contributed by atoms with van der Waals surface area (Å²) in [5.74, 6) is 1.43. The Hall–Kier alpha value is -2.15. The lowest BCUT2D eigenvalue weighted by molar-refractivity contribution is 0.000887. The van der Waals surface area contributed by atoms with Crippen LogP contribution in [-0.2, 0) is 11.3 Å². The Morgan fingerprint density at radius 1 is 1.25 bits per heavy atom. The van der Waals surface area contributed by atoms with Gasteiger partial charge in [-0.3, -0.25) is 0 Å². The van der Waals surface area contributed by atoms with E-state index in [0.717, 1.165) is 22.0 Å². The van der Waals surface area contributed by atoms with Crippen molar-refractivity contribution in [3.63, 3.8) is 0 Å². The molecule has 0 spiro atoms. The third-order valence-corrected chi connectivity index (χ3v) is 4.29. The van der Waals surface area contributed by atoms with Gasteiger partial charge in [-0.2, -0.15) is 0 Å². The second kappa shape index (κ2) is 8.10. The first-order chi connectivity index (χ1) is 11.7. The highest BCUT2D eigenvalue weighted by atomic mass is 32.1. The van der Waals surface area contributed by atoms with Crippen molar-refractivity contribution in [1.82, 2.24) is 4.98 Å². The molecule has 6 heteroatoms. The van der Waals surface area contributed by atoms with Gasteiger partial charge in [0, 0.05) is 16.6 Å². The van der Waals surface area contributed by atoms with Gasteiger partial charge in [0.1, 0.15) is 35.8 Å². The van der Waals surface area contributed by atoms with E-state index >= 15 is 0 Å². The van der Waals surface area contributed by atoms with Crippen LogP contribution in [0.4, 0.5) is 0 Å². The van der Waals surface area contributed by atoms with Crippen molar-refractivity contribution in [2.24, 2.45) is 0 Å². The molecule has 0 amide bonds. The molecule has 126 valence electrons. The van der Waals surface area contributed by atoms with Crippen molar-refractivity contribution in [1.29, 1.82) is 0 Å². The lowest BCUT2D eigenvalue weighted by Gasteiger charge is -2.13. The van der Waals surface area contributed by atoms with E-state index in [4.69, 9.17) is 13.9 Å². The summed E-state index contributed by atoms with van der Waals surface area (Å²) >= 11 is 1.60. The van der Waals surface area contributed by atoms with Crippen LogP contribution in [0.15, 0.2) is 52.5 Å². The molecule has 1 unspecified atom stereocenters. The predicted octanol–water partition coefficient (Wildman–Crippen LogP) is 3.67. The summed E-state index contributed by atoms with van der Waals surface area (Å²) < 4.78 is 16.2. The summed E-state index contributed by atoms with van der Waals surface area (Å²) in [7, 11) is 0. The molecule has 3 rings (SSSR count). The summed E-state index contributed by atoms with van der Waals surface area (Å²) in [4.78, 5) is 4.47. The van der Waals surface area contributed by atoms with Gasteiger partial charge in [-0.15, -0.1) is 11.3 Å². The van der Waals surface area contributed by atoms with Crippen molar-refractivity contribution in [2.75, 3.05) is 13.2 Å². The zero-order chi connectivity index (χ0) is 16.8. The second-order valence-corrected chi connectivity index (χ2v) is 6.24. The standard InChI is InChI=1S/C18H19NO4S/c1-13-12-24-18(19-13)14-4-2-5-16(8-14)23-10-15(20)9-21-11-17-6-3-7-22-17/h2-8,12,15,20H,9-11H2,1H3. The van der Waals surface area contributed by atoms with Crippen LogP contribution in [0, 0.1) is 6.92 Å². The average Bonchev–Trinajstić information content (AvgIpc) is 3.25. The minimum absolute atomic E-state index is 0.165. The largest absolute Gasteiger partial charge is 0.491 e. The lowest BCUT2D eigenvalue weighted by Crippen LogP contribution is -2.23. The Labute approximate surface area is 144 Å². The Kier molecular flexibility index (Phi) is 5.63. The van der Waals surface area contributed by atoms with Crippen LogP contribution in [0.1, 0.15) is 11.5 Å². The van der Waals surface area contributed by atoms with Crippen molar-refractivity contribution < 1.29 is 19.0 Å². The maximum absolute atomic E-state index is 9.94. The molecule has 2 aromatic heterocycles. The number of ether oxygens (including phenoxy) is 2. The van der Waals surface area contributed by atoms with Gasteiger partial charge in [-0.05, 0) is 31.2 Å². The predicted molar refractivity (Wildman–Crippen MR) is 92.2 cm³/mol. The molecular formula is C18H19NO4S. The van der Waals surface area contributed by atoms with E-state index in [9.17, 15) is 5.11 Å². The molecule has 5 nitrogen and oxygen atoms in total. The smallest absolute Gasteiger partial charge is 0.129 e. The van der Waals surface area contributed by atoms with Gasteiger partial charge in [0.05, 0.1) is 12.9 Å². The van der Waals surface area contributed by atoms with E-state index in [0.29, 0.717) is 12.4 Å². The Morgan fingerprint density at radius 3 is 2.92 bits per heavy atom. The van der Waals surface area contributed by atoms with Gasteiger partial charge < -0.3 is 19.0 Å². The van der Waals surface area contributed by atoms with E-state index in [1.165, 1.54) is 0 Å². The minimum atomic E-state index is -0.703. The molecule has 0 radical (unpaired) electrons. The molecule has 0 saturated heterocycles. The summed E-state index contributed by atoms with van der Waals surface area (Å²) in [6, 6.07) is 11.3. The third-order valence-electron chi connectivity index (χ3n) is 3.28. The van der Waals surface area contributed by atoms with Gasteiger partial charge in [0.25, 0.3) is 0 Å². The first-order valence-electron chi connectivity index (χ1n) is 7.64. The number of aliphatic hydroxyl groups is 1. The Balaban J connectivity index is 1.47. The number of thiazole rings is 1. The molecule has 24 heavy (non-hydrogen) atoms. The number of rotatable bonds is 8. The number of aliphatic hydroxyl groups excluding tert-OH is 1. The summed E-state index contributed by atoms with van der Waals surface area (Å²) in [6.07, 6.45) is 0.889. The van der Waals surface area contributed by atoms with Gasteiger partial charge in [0.2, 0.25) is 0 Å². The Morgan fingerprint density at radius 2 is 2.17 bits per heavy atom. The summed E-state index contributed by atoms with van der Waals surface area (Å²) in [6.45, 7) is 2.66. The summed E-state index contributed by atoms with van der Waals surface area (Å²) in [5, 5.41) is 12.9. The highest BCUT2D eigenvalue weighted by Crippen LogP contribution is 2.26. The van der Waals surface area contributed by atoms with E-state index in [1.807, 2.05) is 42.6 Å². The molecule has 0 aliphatic rings. The maximum atomic E-state index is 9.94. The number of benzene rings is 1. The summed E-state index contributed by atoms with van der Waals surface area (Å²) in [5.41, 5.74) is 2.01. The first kappa shape index (κ1) is 16.7. The van der Waals surface area contributed by atoms with Crippen LogP contribution in [0.2, 0.25) is 0 Å². The minimum Gasteiger partial charge on any atom is -0.491 e. The number of hydrogen-bond donors (Lipinski definition) is 1. The normalized spacial score (nSPS) is 12.2. The number of aromatic nitrogens is 1. The molecule has 1 N–H and O–H groups in total. The third kappa shape index (κ3) is 4.67. The molecule has 1 atom stereocenters. The molecule has 2 heterocycles. The molecular weight excluding hydrogens is 326 g/mol. The number of furan rings is 1. The molecule has 0 fully saturated rings. The van der Waals surface area contributed by atoms with E-state index in [1.54, 1.807) is 23.7 Å². The number of hydrogen-bond acceptors (Lipinski definition) is 6. The zero-order valence-electron chi connectivity index (χ0n) is 13.3. The molecule has 1 aromatic carbocycles. The fourth-order valence-corrected chi connectivity index (χ4v) is 2.93. The lowest BCUT2D eigenvalue weighted by atomic mass is 10.2. The van der Waals surface area contributed by atoms with Gasteiger partial charge in [-0.25, -0.2) is 4.98 Å². The van der Waals surface area contributed by atoms with Gasteiger partial charge >= 0.3 is 0 Å². The molecule has 0 aliphatic carbocycles. The van der Waals surface area contributed by atoms with E-state index < -0.39 is 6.10 Å². The van der Waals surface area contributed by atoms with Crippen LogP contribution in [0.3, 0.4) is 0 Å². The topological polar surface area (TPSA) is 64.7 Å². The highest BCUT2D eigenvalue weighted by Gasteiger charge is 2.08. The van der Waals surface area contributed by atoms with Crippen molar-refractivity contribution in [2.45, 2.75) is 19.6 Å². The van der Waals surface area contributed by atoms with Crippen molar-refractivity contribution in [3.05, 3.63) is 59.5 Å². The second-order valence-electron chi connectivity index (χ2n) is 5.38. The molecule has 3 aromatic rings. The fraction of sp³-hybridized carbons (Fsp3) is 0.278. The SMILES string of the molecule is Cc1csc(-c2cccc(OCC(O)COCc3ccco3)c2)n1. The van der Waals surface area contributed by atoms with Crippen LogP contribution in [-0.4, -0.2) is 29.4 Å². The maximum Gasteiger partial charge on any atom is 0.129 e. The number of nitrogens with zero attached hydrogens (tertiary/aromatic N) is 1. The highest BCUT2D eigenvalue weighted by molar-refractivity contribution is 7.13. The van der Waals surface area contributed by atoms with Crippen molar-refractivity contribution >= 4 is 11.3 Å². The van der Waals surface area contributed by atoms with Crippen LogP contribution >= 0.6 is 11.3 Å². The van der Waals surface area contributed by atoms with Crippen molar-refractivity contribution in [3.8, 4) is 16.3 Å². The number of aryl methyl sites for hydroxylation is 1. The zero-order valence-corrected chi connectivity index (χ0v) is 14.2. The van der Waals surface area contributed by atoms with E-state index in [-0.39, 0.29) is 13.2 Å². The monoisotopic (exact) mass is 345 g/mol. The van der Waals surface area contributed by atoms with E-state index in [2.05, 4.69) is 4.98 Å². The molecule has 0 aliphatic heterocycles. The van der Waals surface area contributed by atoms with Crippen LogP contribution in [0.25, 0.3) is 10.6 Å².